The van der Waals surface area contributed by atoms with Crippen molar-refractivity contribution in [3.05, 3.63) is 35.4 Å². The highest BCUT2D eigenvalue weighted by atomic mass is 16.2. The maximum atomic E-state index is 12.7. The van der Waals surface area contributed by atoms with E-state index in [9.17, 15) is 4.79 Å². The summed E-state index contributed by atoms with van der Waals surface area (Å²) >= 11 is 0. The summed E-state index contributed by atoms with van der Waals surface area (Å²) in [6.07, 6.45) is 4.58. The first-order valence-electron chi connectivity index (χ1n) is 7.66. The van der Waals surface area contributed by atoms with Crippen LogP contribution in [0.15, 0.2) is 24.3 Å². The molecule has 1 saturated carbocycles. The number of carbonyl (C=O) groups is 1. The molecule has 4 nitrogen and oxygen atoms in total. The topological polar surface area (TPSA) is 70.1 Å². The Morgan fingerprint density at radius 3 is 2.48 bits per heavy atom. The second-order valence-electron chi connectivity index (χ2n) is 5.90. The van der Waals surface area contributed by atoms with Crippen LogP contribution in [0.2, 0.25) is 0 Å². The Bertz CT molecular complexity index is 524. The zero-order chi connectivity index (χ0) is 15.3. The molecule has 4 heteroatoms. The molecular formula is C17H23N3O. The van der Waals surface area contributed by atoms with Crippen LogP contribution in [0.4, 0.5) is 0 Å². The van der Waals surface area contributed by atoms with Gasteiger partial charge in [-0.25, -0.2) is 0 Å². The van der Waals surface area contributed by atoms with Crippen molar-refractivity contribution < 1.29 is 4.79 Å². The second-order valence-corrected chi connectivity index (χ2v) is 5.90. The number of hydrogen-bond donors (Lipinski definition) is 1. The minimum atomic E-state index is -0.665. The van der Waals surface area contributed by atoms with E-state index in [4.69, 9.17) is 11.0 Å². The van der Waals surface area contributed by atoms with Crippen LogP contribution in [0.3, 0.4) is 0 Å². The highest BCUT2D eigenvalue weighted by molar-refractivity contribution is 5.86. The SMILES string of the molecule is CCCN(Cc1ccc(C#N)cc1)C(=O)C1(N)CCCC1. The monoisotopic (exact) mass is 285 g/mol. The van der Waals surface area contributed by atoms with Crippen LogP contribution in [0.1, 0.15) is 50.2 Å². The second kappa shape index (κ2) is 6.73. The Morgan fingerprint density at radius 2 is 1.95 bits per heavy atom. The summed E-state index contributed by atoms with van der Waals surface area (Å²) in [4.78, 5) is 14.6. The van der Waals surface area contributed by atoms with Crippen LogP contribution >= 0.6 is 0 Å². The first-order valence-corrected chi connectivity index (χ1v) is 7.66. The fraction of sp³-hybridized carbons (Fsp3) is 0.529. The predicted molar refractivity (Wildman–Crippen MR) is 82.3 cm³/mol. The van der Waals surface area contributed by atoms with Crippen molar-refractivity contribution in [3.8, 4) is 6.07 Å². The molecule has 0 atom stereocenters. The lowest BCUT2D eigenvalue weighted by atomic mass is 9.96. The normalized spacial score (nSPS) is 16.4. The van der Waals surface area contributed by atoms with Crippen molar-refractivity contribution >= 4 is 5.91 Å². The van der Waals surface area contributed by atoms with E-state index in [-0.39, 0.29) is 5.91 Å². The van der Waals surface area contributed by atoms with Crippen molar-refractivity contribution in [2.45, 2.75) is 51.1 Å². The number of rotatable bonds is 5. The van der Waals surface area contributed by atoms with E-state index in [1.165, 1.54) is 0 Å². The first-order chi connectivity index (χ1) is 10.1. The fourth-order valence-corrected chi connectivity index (χ4v) is 2.96. The van der Waals surface area contributed by atoms with Gasteiger partial charge in [-0.15, -0.1) is 0 Å². The van der Waals surface area contributed by atoms with Gasteiger partial charge in [0.25, 0.3) is 0 Å². The number of amides is 1. The lowest BCUT2D eigenvalue weighted by molar-refractivity contribution is -0.137. The molecule has 2 N–H and O–H groups in total. The standard InChI is InChI=1S/C17H23N3O/c1-2-11-20(16(21)17(19)9-3-4-10-17)13-15-7-5-14(12-18)6-8-15/h5-8H,2-4,9-11,13,19H2,1H3. The van der Waals surface area contributed by atoms with Gasteiger partial charge < -0.3 is 10.6 Å². The molecule has 0 saturated heterocycles. The van der Waals surface area contributed by atoms with Gasteiger partial charge in [-0.3, -0.25) is 4.79 Å². The summed E-state index contributed by atoms with van der Waals surface area (Å²) < 4.78 is 0. The van der Waals surface area contributed by atoms with Gasteiger partial charge in [0.2, 0.25) is 5.91 Å². The number of nitrogens with two attached hydrogens (primary N) is 1. The van der Waals surface area contributed by atoms with Crippen molar-refractivity contribution in [2.24, 2.45) is 5.73 Å². The smallest absolute Gasteiger partial charge is 0.242 e. The average molecular weight is 285 g/mol. The van der Waals surface area contributed by atoms with E-state index in [2.05, 4.69) is 13.0 Å². The Labute approximate surface area is 126 Å². The zero-order valence-corrected chi connectivity index (χ0v) is 12.6. The first kappa shape index (κ1) is 15.5. The number of hydrogen-bond acceptors (Lipinski definition) is 3. The zero-order valence-electron chi connectivity index (χ0n) is 12.6. The molecule has 1 aliphatic carbocycles. The highest BCUT2D eigenvalue weighted by Gasteiger charge is 2.39. The molecule has 0 aromatic heterocycles. The summed E-state index contributed by atoms with van der Waals surface area (Å²) in [5.74, 6) is 0.0752. The number of carbonyl (C=O) groups excluding carboxylic acids is 1. The third kappa shape index (κ3) is 3.62. The summed E-state index contributed by atoms with van der Waals surface area (Å²) in [7, 11) is 0. The molecule has 0 spiro atoms. The van der Waals surface area contributed by atoms with Gasteiger partial charge in [-0.2, -0.15) is 5.26 Å². The number of nitriles is 1. The van der Waals surface area contributed by atoms with Crippen molar-refractivity contribution in [2.75, 3.05) is 6.54 Å². The van der Waals surface area contributed by atoms with E-state index in [1.807, 2.05) is 17.0 Å². The van der Waals surface area contributed by atoms with Crippen LogP contribution in [0, 0.1) is 11.3 Å². The molecule has 0 heterocycles. The molecule has 1 fully saturated rings. The van der Waals surface area contributed by atoms with Crippen LogP contribution in [0.5, 0.6) is 0 Å². The lowest BCUT2D eigenvalue weighted by Crippen LogP contribution is -2.53. The molecule has 0 aliphatic heterocycles. The summed E-state index contributed by atoms with van der Waals surface area (Å²) in [6.45, 7) is 3.35. The van der Waals surface area contributed by atoms with E-state index in [1.54, 1.807) is 12.1 Å². The largest absolute Gasteiger partial charge is 0.337 e. The van der Waals surface area contributed by atoms with E-state index in [0.29, 0.717) is 12.1 Å². The van der Waals surface area contributed by atoms with Gasteiger partial charge in [0, 0.05) is 13.1 Å². The minimum Gasteiger partial charge on any atom is -0.337 e. The van der Waals surface area contributed by atoms with Crippen molar-refractivity contribution in [3.63, 3.8) is 0 Å². The maximum absolute atomic E-state index is 12.7. The van der Waals surface area contributed by atoms with Crippen molar-refractivity contribution in [1.82, 2.24) is 4.90 Å². The predicted octanol–water partition coefficient (Wildman–Crippen LogP) is 2.57. The van der Waals surface area contributed by atoms with Gasteiger partial charge in [0.05, 0.1) is 17.2 Å². The highest BCUT2D eigenvalue weighted by Crippen LogP contribution is 2.29. The van der Waals surface area contributed by atoms with Gasteiger partial charge in [0.15, 0.2) is 0 Å². The van der Waals surface area contributed by atoms with Crippen LogP contribution in [-0.2, 0) is 11.3 Å². The van der Waals surface area contributed by atoms with E-state index >= 15 is 0 Å². The summed E-state index contributed by atoms with van der Waals surface area (Å²) in [5.41, 5.74) is 7.31. The molecule has 0 radical (unpaired) electrons. The van der Waals surface area contributed by atoms with Crippen molar-refractivity contribution in [1.29, 1.82) is 5.26 Å². The number of nitrogens with zero attached hydrogens (tertiary/aromatic N) is 2. The molecule has 1 amide bonds. The third-order valence-electron chi connectivity index (χ3n) is 4.16. The minimum absolute atomic E-state index is 0.0752. The molecule has 1 aromatic carbocycles. The Kier molecular flexibility index (Phi) is 4.98. The molecular weight excluding hydrogens is 262 g/mol. The van der Waals surface area contributed by atoms with Crippen LogP contribution < -0.4 is 5.73 Å². The van der Waals surface area contributed by atoms with Gasteiger partial charge in [-0.1, -0.05) is 31.9 Å². The van der Waals surface area contributed by atoms with Crippen LogP contribution in [-0.4, -0.2) is 22.9 Å². The Morgan fingerprint density at radius 1 is 1.33 bits per heavy atom. The number of benzene rings is 1. The van der Waals surface area contributed by atoms with Gasteiger partial charge >= 0.3 is 0 Å². The Hall–Kier alpha value is -1.86. The fourth-order valence-electron chi connectivity index (χ4n) is 2.96. The van der Waals surface area contributed by atoms with Gasteiger partial charge in [0.1, 0.15) is 0 Å². The average Bonchev–Trinajstić information content (AvgIpc) is 2.95. The van der Waals surface area contributed by atoms with E-state index < -0.39 is 5.54 Å². The quantitative estimate of drug-likeness (QED) is 0.904. The molecule has 1 aliphatic rings. The maximum Gasteiger partial charge on any atom is 0.242 e. The molecule has 1 aromatic rings. The Balaban J connectivity index is 2.11. The molecule has 21 heavy (non-hydrogen) atoms. The third-order valence-corrected chi connectivity index (χ3v) is 4.16. The van der Waals surface area contributed by atoms with Crippen LogP contribution in [0.25, 0.3) is 0 Å². The molecule has 2 rings (SSSR count). The molecule has 112 valence electrons. The molecule has 0 bridgehead atoms. The van der Waals surface area contributed by atoms with E-state index in [0.717, 1.165) is 44.2 Å². The molecule has 0 unspecified atom stereocenters. The summed E-state index contributed by atoms with van der Waals surface area (Å²) in [5, 5.41) is 8.83. The summed E-state index contributed by atoms with van der Waals surface area (Å²) in [6, 6.07) is 9.50. The van der Waals surface area contributed by atoms with Gasteiger partial charge in [-0.05, 0) is 37.0 Å². The lowest BCUT2D eigenvalue weighted by Gasteiger charge is -2.31.